The average molecular weight is 526 g/mol. The number of rotatable bonds is 8. The molecule has 1 aliphatic carbocycles. The van der Waals surface area contributed by atoms with E-state index in [0.717, 1.165) is 47.0 Å². The molecule has 4 aromatic rings. The van der Waals surface area contributed by atoms with Gasteiger partial charge in [-0.05, 0) is 80.1 Å². The van der Waals surface area contributed by atoms with Crippen LogP contribution in [0.1, 0.15) is 55.3 Å². The minimum Gasteiger partial charge on any atom is -0.438 e. The number of anilines is 1. The van der Waals surface area contributed by atoms with Crippen molar-refractivity contribution in [2.75, 3.05) is 10.5 Å². The molecule has 0 amide bonds. The Morgan fingerprint density at radius 1 is 1.13 bits per heavy atom. The number of aryl methyl sites for hydroxylation is 1. The Kier molecular flexibility index (Phi) is 6.79. The fraction of sp³-hybridized carbons (Fsp3) is 0.276. The van der Waals surface area contributed by atoms with E-state index in [9.17, 15) is 18.9 Å². The van der Waals surface area contributed by atoms with Crippen molar-refractivity contribution in [3.8, 4) is 35.0 Å². The first-order chi connectivity index (χ1) is 18.3. The van der Waals surface area contributed by atoms with Crippen molar-refractivity contribution in [2.45, 2.75) is 45.6 Å². The molecule has 2 aromatic carbocycles. The second-order valence-corrected chi connectivity index (χ2v) is 11.3. The summed E-state index contributed by atoms with van der Waals surface area (Å²) in [5.41, 5.74) is 4.74. The molecule has 0 radical (unpaired) electrons. The molecule has 192 valence electrons. The van der Waals surface area contributed by atoms with Crippen molar-refractivity contribution in [1.29, 1.82) is 10.5 Å². The van der Waals surface area contributed by atoms with Gasteiger partial charge in [-0.1, -0.05) is 13.0 Å². The van der Waals surface area contributed by atoms with Crippen LogP contribution in [0.5, 0.6) is 11.6 Å². The maximum atomic E-state index is 12.3. The quantitative estimate of drug-likeness (QED) is 0.283. The molecular formula is C29H27N5O3S. The number of sulfonamides is 1. The van der Waals surface area contributed by atoms with Gasteiger partial charge in [0.15, 0.2) is 0 Å². The van der Waals surface area contributed by atoms with E-state index in [2.05, 4.69) is 26.4 Å². The zero-order chi connectivity index (χ0) is 26.9. The first-order valence-electron chi connectivity index (χ1n) is 12.6. The highest BCUT2D eigenvalue weighted by Crippen LogP contribution is 2.44. The minimum absolute atomic E-state index is 0.0570. The zero-order valence-corrected chi connectivity index (χ0v) is 22.0. The standard InChI is InChI=1S/C29H27N5O3S/c1-3-14-38(35,36)33-26-12-9-20(15-19(26)2)28-25(18-31)24-11-10-23(16-27(24)34(28)22-7-4-8-22)37-29-21(17-30)6-5-13-32-29/h5-6,9-13,15-16,22,33H,3-4,7-8,14H2,1-2H3. The smallest absolute Gasteiger partial charge is 0.237 e. The maximum absolute atomic E-state index is 12.3. The van der Waals surface area contributed by atoms with Gasteiger partial charge in [0.1, 0.15) is 23.5 Å². The molecule has 5 rings (SSSR count). The topological polar surface area (TPSA) is 121 Å². The van der Waals surface area contributed by atoms with Crippen LogP contribution in [0, 0.1) is 29.6 Å². The predicted molar refractivity (Wildman–Crippen MR) is 146 cm³/mol. The van der Waals surface area contributed by atoms with Gasteiger partial charge in [-0.2, -0.15) is 10.5 Å². The van der Waals surface area contributed by atoms with Crippen molar-refractivity contribution >= 4 is 26.6 Å². The predicted octanol–water partition coefficient (Wildman–Crippen LogP) is 6.42. The molecule has 0 saturated heterocycles. The monoisotopic (exact) mass is 525 g/mol. The van der Waals surface area contributed by atoms with Crippen molar-refractivity contribution < 1.29 is 13.2 Å². The number of aromatic nitrogens is 2. The van der Waals surface area contributed by atoms with Gasteiger partial charge >= 0.3 is 0 Å². The molecule has 0 unspecified atom stereocenters. The fourth-order valence-corrected chi connectivity index (χ4v) is 6.06. The van der Waals surface area contributed by atoms with Gasteiger partial charge in [-0.3, -0.25) is 4.72 Å². The summed E-state index contributed by atoms with van der Waals surface area (Å²) >= 11 is 0. The summed E-state index contributed by atoms with van der Waals surface area (Å²) in [6, 6.07) is 19.2. The van der Waals surface area contributed by atoms with Crippen LogP contribution in [0.4, 0.5) is 5.69 Å². The highest BCUT2D eigenvalue weighted by Gasteiger charge is 2.28. The number of nitrogens with one attached hydrogen (secondary N) is 1. The summed E-state index contributed by atoms with van der Waals surface area (Å²) in [5.74, 6) is 0.814. The van der Waals surface area contributed by atoms with Crippen LogP contribution in [-0.2, 0) is 10.0 Å². The lowest BCUT2D eigenvalue weighted by Crippen LogP contribution is -2.18. The molecule has 2 aromatic heterocycles. The van der Waals surface area contributed by atoms with E-state index in [4.69, 9.17) is 4.74 Å². The molecule has 1 fully saturated rings. The summed E-state index contributed by atoms with van der Waals surface area (Å²) in [6.07, 6.45) is 5.21. The Morgan fingerprint density at radius 2 is 1.95 bits per heavy atom. The Hall–Kier alpha value is -4.34. The third-order valence-electron chi connectivity index (χ3n) is 6.87. The van der Waals surface area contributed by atoms with E-state index in [1.165, 1.54) is 0 Å². The number of hydrogen-bond donors (Lipinski definition) is 1. The highest BCUT2D eigenvalue weighted by molar-refractivity contribution is 7.92. The molecule has 38 heavy (non-hydrogen) atoms. The molecule has 1 aliphatic rings. The Bertz CT molecular complexity index is 1720. The number of nitrogens with zero attached hydrogens (tertiary/aromatic N) is 4. The van der Waals surface area contributed by atoms with Gasteiger partial charge in [0.2, 0.25) is 15.9 Å². The van der Waals surface area contributed by atoms with Gasteiger partial charge < -0.3 is 9.30 Å². The molecule has 2 heterocycles. The van der Waals surface area contributed by atoms with Crippen molar-refractivity contribution in [2.24, 2.45) is 0 Å². The van der Waals surface area contributed by atoms with Crippen LogP contribution >= 0.6 is 0 Å². The summed E-state index contributed by atoms with van der Waals surface area (Å²) in [4.78, 5) is 4.20. The fourth-order valence-electron chi connectivity index (χ4n) is 4.86. The van der Waals surface area contributed by atoms with Crippen LogP contribution in [0.2, 0.25) is 0 Å². The van der Waals surface area contributed by atoms with Gasteiger partial charge in [-0.25, -0.2) is 13.4 Å². The molecule has 8 nitrogen and oxygen atoms in total. The van der Waals surface area contributed by atoms with Gasteiger partial charge in [0, 0.05) is 23.7 Å². The Labute approximate surface area is 222 Å². The molecule has 0 aliphatic heterocycles. The van der Waals surface area contributed by atoms with Crippen LogP contribution in [0.15, 0.2) is 54.7 Å². The third kappa shape index (κ3) is 4.69. The number of ether oxygens (including phenoxy) is 1. The lowest BCUT2D eigenvalue weighted by molar-refractivity contribution is 0.324. The molecule has 1 N–H and O–H groups in total. The Morgan fingerprint density at radius 3 is 2.61 bits per heavy atom. The molecule has 9 heteroatoms. The van der Waals surface area contributed by atoms with E-state index in [1.807, 2.05) is 38.1 Å². The zero-order valence-electron chi connectivity index (χ0n) is 21.2. The van der Waals surface area contributed by atoms with Gasteiger partial charge in [0.05, 0.1) is 28.2 Å². The summed E-state index contributed by atoms with van der Waals surface area (Å²) in [7, 11) is -3.42. The summed E-state index contributed by atoms with van der Waals surface area (Å²) in [6.45, 7) is 3.69. The number of pyridine rings is 1. The van der Waals surface area contributed by atoms with Crippen LogP contribution < -0.4 is 9.46 Å². The molecule has 1 saturated carbocycles. The normalized spacial score (nSPS) is 13.5. The molecule has 0 atom stereocenters. The van der Waals surface area contributed by atoms with Gasteiger partial charge in [0.25, 0.3) is 0 Å². The van der Waals surface area contributed by atoms with Crippen LogP contribution in [0.3, 0.4) is 0 Å². The van der Waals surface area contributed by atoms with Crippen LogP contribution in [-0.4, -0.2) is 23.7 Å². The number of fused-ring (bicyclic) bond motifs is 1. The highest BCUT2D eigenvalue weighted by atomic mass is 32.2. The van der Waals surface area contributed by atoms with Crippen LogP contribution in [0.25, 0.3) is 22.2 Å². The number of hydrogen-bond acceptors (Lipinski definition) is 6. The van der Waals surface area contributed by atoms with Crippen molar-refractivity contribution in [3.05, 3.63) is 71.4 Å². The second-order valence-electron chi connectivity index (χ2n) is 9.49. The average Bonchev–Trinajstić information content (AvgIpc) is 3.17. The number of benzene rings is 2. The van der Waals surface area contributed by atoms with E-state index in [-0.39, 0.29) is 17.7 Å². The maximum Gasteiger partial charge on any atom is 0.237 e. The molecular weight excluding hydrogens is 498 g/mol. The summed E-state index contributed by atoms with van der Waals surface area (Å²) in [5, 5.41) is 20.5. The molecule has 0 spiro atoms. The third-order valence-corrected chi connectivity index (χ3v) is 8.35. The first kappa shape index (κ1) is 25.3. The lowest BCUT2D eigenvalue weighted by Gasteiger charge is -2.30. The van der Waals surface area contributed by atoms with Gasteiger partial charge in [-0.15, -0.1) is 0 Å². The van der Waals surface area contributed by atoms with E-state index >= 15 is 0 Å². The summed E-state index contributed by atoms with van der Waals surface area (Å²) < 4.78 is 35.5. The lowest BCUT2D eigenvalue weighted by atomic mass is 9.92. The number of nitriles is 2. The Balaban J connectivity index is 1.62. The first-order valence-corrected chi connectivity index (χ1v) is 14.2. The second kappa shape index (κ2) is 10.2. The van der Waals surface area contributed by atoms with E-state index < -0.39 is 10.0 Å². The minimum atomic E-state index is -3.42. The molecule has 0 bridgehead atoms. The van der Waals surface area contributed by atoms with Crippen molar-refractivity contribution in [1.82, 2.24) is 9.55 Å². The SMILES string of the molecule is CCCS(=O)(=O)Nc1ccc(-c2c(C#N)c3ccc(Oc4ncccc4C#N)cc3n2C2CCC2)cc1C. The largest absolute Gasteiger partial charge is 0.438 e. The van der Waals surface area contributed by atoms with E-state index in [1.54, 1.807) is 30.5 Å². The van der Waals surface area contributed by atoms with Crippen molar-refractivity contribution in [3.63, 3.8) is 0 Å². The van der Waals surface area contributed by atoms with E-state index in [0.29, 0.717) is 29.0 Å².